The number of anilines is 1. The summed E-state index contributed by atoms with van der Waals surface area (Å²) in [7, 11) is 0. The molecular weight excluding hydrogens is 344 g/mol. The molecular formula is C19H21F2NO2S. The maximum Gasteiger partial charge on any atom is 0.234 e. The molecule has 0 aliphatic carbocycles. The lowest BCUT2D eigenvalue weighted by molar-refractivity contribution is -0.113. The Morgan fingerprint density at radius 3 is 2.76 bits per heavy atom. The first-order chi connectivity index (χ1) is 12.0. The van der Waals surface area contributed by atoms with Crippen LogP contribution in [-0.4, -0.2) is 24.0 Å². The number of hydrogen-bond acceptors (Lipinski definition) is 3. The van der Waals surface area contributed by atoms with Crippen molar-refractivity contribution < 1.29 is 18.3 Å². The third-order valence-corrected chi connectivity index (χ3v) is 4.51. The number of amides is 1. The van der Waals surface area contributed by atoms with Crippen LogP contribution in [0.5, 0.6) is 5.75 Å². The largest absolute Gasteiger partial charge is 0.493 e. The Kier molecular flexibility index (Phi) is 7.25. The third-order valence-electron chi connectivity index (χ3n) is 3.47. The molecule has 1 amide bonds. The summed E-state index contributed by atoms with van der Waals surface area (Å²) in [6.45, 7) is 4.58. The first-order valence-electron chi connectivity index (χ1n) is 7.98. The minimum atomic E-state index is -0.651. The lowest BCUT2D eigenvalue weighted by atomic mass is 10.1. The predicted octanol–water partition coefficient (Wildman–Crippen LogP) is 4.72. The number of rotatable bonds is 8. The Morgan fingerprint density at radius 2 is 1.96 bits per heavy atom. The molecule has 0 heterocycles. The van der Waals surface area contributed by atoms with Crippen molar-refractivity contribution in [2.75, 3.05) is 23.4 Å². The molecule has 0 unspecified atom stereocenters. The number of nitrogens with one attached hydrogen (secondary N) is 1. The van der Waals surface area contributed by atoms with Gasteiger partial charge in [-0.3, -0.25) is 4.79 Å². The van der Waals surface area contributed by atoms with Gasteiger partial charge in [0.15, 0.2) is 0 Å². The Labute approximate surface area is 150 Å². The van der Waals surface area contributed by atoms with Crippen LogP contribution in [0.4, 0.5) is 14.5 Å². The van der Waals surface area contributed by atoms with Crippen molar-refractivity contribution in [3.05, 3.63) is 59.2 Å². The van der Waals surface area contributed by atoms with Crippen molar-refractivity contribution in [3.8, 4) is 5.75 Å². The van der Waals surface area contributed by atoms with Crippen molar-refractivity contribution in [2.24, 2.45) is 0 Å². The van der Waals surface area contributed by atoms with Crippen LogP contribution in [0, 0.1) is 25.5 Å². The maximum atomic E-state index is 13.4. The molecule has 0 aliphatic heterocycles. The molecule has 25 heavy (non-hydrogen) atoms. The summed E-state index contributed by atoms with van der Waals surface area (Å²) in [6.07, 6.45) is 0.791. The van der Waals surface area contributed by atoms with Crippen LogP contribution < -0.4 is 10.1 Å². The number of thioether (sulfide) groups is 1. The monoisotopic (exact) mass is 365 g/mol. The number of benzene rings is 2. The third kappa shape index (κ3) is 6.38. The average molecular weight is 365 g/mol. The van der Waals surface area contributed by atoms with E-state index in [-0.39, 0.29) is 17.3 Å². The van der Waals surface area contributed by atoms with Crippen molar-refractivity contribution in [3.63, 3.8) is 0 Å². The van der Waals surface area contributed by atoms with Crippen LogP contribution in [0.25, 0.3) is 0 Å². The Morgan fingerprint density at radius 1 is 1.16 bits per heavy atom. The van der Waals surface area contributed by atoms with Gasteiger partial charge < -0.3 is 10.1 Å². The minimum absolute atomic E-state index is 0.135. The van der Waals surface area contributed by atoms with Crippen molar-refractivity contribution in [1.29, 1.82) is 0 Å². The van der Waals surface area contributed by atoms with Gasteiger partial charge in [-0.1, -0.05) is 12.1 Å². The normalized spacial score (nSPS) is 10.6. The number of halogens is 2. The predicted molar refractivity (Wildman–Crippen MR) is 98.3 cm³/mol. The second-order valence-corrected chi connectivity index (χ2v) is 6.80. The van der Waals surface area contributed by atoms with Crippen LogP contribution in [0.1, 0.15) is 17.5 Å². The van der Waals surface area contributed by atoms with Gasteiger partial charge in [0.05, 0.1) is 18.0 Å². The molecule has 6 heteroatoms. The van der Waals surface area contributed by atoms with Gasteiger partial charge in [-0.15, -0.1) is 0 Å². The van der Waals surface area contributed by atoms with Gasteiger partial charge in [-0.25, -0.2) is 8.78 Å². The van der Waals surface area contributed by atoms with E-state index >= 15 is 0 Å². The fourth-order valence-corrected chi connectivity index (χ4v) is 2.87. The number of carbonyl (C=O) groups is 1. The summed E-state index contributed by atoms with van der Waals surface area (Å²) in [5.74, 6) is 0.201. The molecule has 0 atom stereocenters. The fraction of sp³-hybridized carbons (Fsp3) is 0.316. The smallest absolute Gasteiger partial charge is 0.234 e. The average Bonchev–Trinajstić information content (AvgIpc) is 2.57. The zero-order valence-corrected chi connectivity index (χ0v) is 15.1. The van der Waals surface area contributed by atoms with E-state index in [0.29, 0.717) is 6.61 Å². The second kappa shape index (κ2) is 9.42. The zero-order valence-electron chi connectivity index (χ0n) is 14.3. The van der Waals surface area contributed by atoms with E-state index in [2.05, 4.69) is 5.32 Å². The molecule has 3 nitrogen and oxygen atoms in total. The van der Waals surface area contributed by atoms with E-state index in [1.54, 1.807) is 0 Å². The van der Waals surface area contributed by atoms with Crippen LogP contribution in [0.15, 0.2) is 36.4 Å². The molecule has 0 saturated heterocycles. The molecule has 2 aromatic carbocycles. The first kappa shape index (κ1) is 19.2. The van der Waals surface area contributed by atoms with Gasteiger partial charge in [0.1, 0.15) is 17.4 Å². The highest BCUT2D eigenvalue weighted by Gasteiger charge is 2.08. The number of carbonyl (C=O) groups excluding carboxylic acids is 1. The summed E-state index contributed by atoms with van der Waals surface area (Å²) in [5, 5.41) is 2.38. The summed E-state index contributed by atoms with van der Waals surface area (Å²) in [5.41, 5.74) is 2.11. The Balaban J connectivity index is 1.65. The van der Waals surface area contributed by atoms with Gasteiger partial charge in [-0.2, -0.15) is 11.8 Å². The minimum Gasteiger partial charge on any atom is -0.493 e. The van der Waals surface area contributed by atoms with Crippen LogP contribution in [0.2, 0.25) is 0 Å². The number of hydrogen-bond donors (Lipinski definition) is 1. The fourth-order valence-electron chi connectivity index (χ4n) is 2.15. The molecule has 1 N–H and O–H groups in total. The summed E-state index contributed by atoms with van der Waals surface area (Å²) >= 11 is 1.42. The standard InChI is InChI=1S/C19H21F2NO2S/c1-13-4-5-14(2)18(10-13)24-8-3-9-25-12-19(23)22-17-11-15(20)6-7-16(17)21/h4-7,10-11H,3,8-9,12H2,1-2H3,(H,22,23). The van der Waals surface area contributed by atoms with E-state index in [0.717, 1.165) is 47.2 Å². The van der Waals surface area contributed by atoms with Crippen molar-refractivity contribution in [2.45, 2.75) is 20.3 Å². The second-order valence-electron chi connectivity index (χ2n) is 5.70. The molecule has 0 aliphatic rings. The van der Waals surface area contributed by atoms with Gasteiger partial charge in [0, 0.05) is 6.07 Å². The van der Waals surface area contributed by atoms with Gasteiger partial charge in [0.2, 0.25) is 5.91 Å². The zero-order chi connectivity index (χ0) is 18.2. The van der Waals surface area contributed by atoms with Crippen LogP contribution in [-0.2, 0) is 4.79 Å². The molecule has 134 valence electrons. The molecule has 0 fully saturated rings. The van der Waals surface area contributed by atoms with Gasteiger partial charge >= 0.3 is 0 Å². The van der Waals surface area contributed by atoms with E-state index < -0.39 is 11.6 Å². The molecule has 2 aromatic rings. The molecule has 0 saturated carbocycles. The first-order valence-corrected chi connectivity index (χ1v) is 9.14. The SMILES string of the molecule is Cc1ccc(C)c(OCCCSCC(=O)Nc2cc(F)ccc2F)c1. The molecule has 0 aromatic heterocycles. The lowest BCUT2D eigenvalue weighted by Gasteiger charge is -2.10. The number of aryl methyl sites for hydroxylation is 2. The van der Waals surface area contributed by atoms with E-state index in [9.17, 15) is 13.6 Å². The van der Waals surface area contributed by atoms with Crippen molar-refractivity contribution in [1.82, 2.24) is 0 Å². The topological polar surface area (TPSA) is 38.3 Å². The highest BCUT2D eigenvalue weighted by atomic mass is 32.2. The van der Waals surface area contributed by atoms with E-state index in [1.807, 2.05) is 32.0 Å². The summed E-state index contributed by atoms with van der Waals surface area (Å²) < 4.78 is 32.2. The number of ether oxygens (including phenoxy) is 1. The van der Waals surface area contributed by atoms with Crippen molar-refractivity contribution >= 4 is 23.4 Å². The molecule has 0 bridgehead atoms. The maximum absolute atomic E-state index is 13.4. The highest BCUT2D eigenvalue weighted by molar-refractivity contribution is 7.99. The highest BCUT2D eigenvalue weighted by Crippen LogP contribution is 2.19. The molecule has 2 rings (SSSR count). The van der Waals surface area contributed by atoms with Gasteiger partial charge in [-0.05, 0) is 55.3 Å². The Hall–Kier alpha value is -2.08. The summed E-state index contributed by atoms with van der Waals surface area (Å²) in [6, 6.07) is 9.03. The van der Waals surface area contributed by atoms with Gasteiger partial charge in [0.25, 0.3) is 0 Å². The molecule has 0 spiro atoms. The summed E-state index contributed by atoms with van der Waals surface area (Å²) in [4.78, 5) is 11.8. The quantitative estimate of drug-likeness (QED) is 0.688. The van der Waals surface area contributed by atoms with E-state index in [4.69, 9.17) is 4.74 Å². The Bertz CT molecular complexity index is 737. The lowest BCUT2D eigenvalue weighted by Crippen LogP contribution is -2.15. The molecule has 0 radical (unpaired) electrons. The van der Waals surface area contributed by atoms with Crippen LogP contribution in [0.3, 0.4) is 0 Å². The van der Waals surface area contributed by atoms with Crippen LogP contribution >= 0.6 is 11.8 Å². The van der Waals surface area contributed by atoms with E-state index in [1.165, 1.54) is 11.8 Å².